The molecule has 166 valence electrons. The first-order valence-electron chi connectivity index (χ1n) is 10.7. The van der Waals surface area contributed by atoms with Crippen LogP contribution >= 0.6 is 11.8 Å². The van der Waals surface area contributed by atoms with E-state index in [-0.39, 0.29) is 11.9 Å². The number of aromatic nitrogens is 3. The van der Waals surface area contributed by atoms with Crippen LogP contribution in [0.4, 0.5) is 0 Å². The fraction of sp³-hybridized carbons (Fsp3) is 0.609. The molecule has 1 amide bonds. The average Bonchev–Trinajstić information content (AvgIpc) is 3.07. The lowest BCUT2D eigenvalue weighted by atomic mass is 10.1. The Labute approximate surface area is 186 Å². The maximum Gasteiger partial charge on any atom is 0.233 e. The van der Waals surface area contributed by atoms with Crippen LogP contribution in [0.5, 0.6) is 0 Å². The summed E-state index contributed by atoms with van der Waals surface area (Å²) in [4.78, 5) is 17.1. The number of nitrogens with zero attached hydrogens (tertiary/aromatic N) is 5. The molecule has 1 atom stereocenters. The molecule has 0 radical (unpaired) electrons. The zero-order valence-electron chi connectivity index (χ0n) is 19.5. The predicted octanol–water partition coefficient (Wildman–Crippen LogP) is 4.18. The molecule has 0 fully saturated rings. The Hall–Kier alpha value is -1.86. The van der Waals surface area contributed by atoms with E-state index in [9.17, 15) is 4.79 Å². The van der Waals surface area contributed by atoms with Crippen LogP contribution in [-0.2, 0) is 11.3 Å². The molecule has 2 rings (SSSR count). The highest BCUT2D eigenvalue weighted by atomic mass is 32.2. The molecule has 0 N–H and O–H groups in total. The van der Waals surface area contributed by atoms with Gasteiger partial charge in [-0.3, -0.25) is 9.69 Å². The summed E-state index contributed by atoms with van der Waals surface area (Å²) in [7, 11) is 4.08. The van der Waals surface area contributed by atoms with E-state index < -0.39 is 0 Å². The first kappa shape index (κ1) is 24.4. The number of carbonyl (C=O) groups excluding carboxylic acids is 1. The Bertz CT molecular complexity index is 778. The van der Waals surface area contributed by atoms with Gasteiger partial charge in [0.05, 0.1) is 18.3 Å². The molecule has 30 heavy (non-hydrogen) atoms. The Morgan fingerprint density at radius 1 is 1.00 bits per heavy atom. The van der Waals surface area contributed by atoms with Crippen molar-refractivity contribution < 1.29 is 4.79 Å². The summed E-state index contributed by atoms with van der Waals surface area (Å²) in [5.74, 6) is 2.36. The number of thioether (sulfide) groups is 1. The standard InChI is InChI=1S/C23H37N5OS/c1-17(2)13-27(14-18(3)4)21(29)16-30-23-25-24-22(19(5)26(6)7)28(23)15-20-11-9-8-10-12-20/h8-12,17-19H,13-16H2,1-7H3/t19-/m0/s1. The molecule has 1 aromatic heterocycles. The lowest BCUT2D eigenvalue weighted by Gasteiger charge is -2.26. The summed E-state index contributed by atoms with van der Waals surface area (Å²) >= 11 is 1.49. The van der Waals surface area contributed by atoms with Crippen LogP contribution in [0.25, 0.3) is 0 Å². The third-order valence-electron chi connectivity index (χ3n) is 4.93. The van der Waals surface area contributed by atoms with Crippen LogP contribution in [0.3, 0.4) is 0 Å². The summed E-state index contributed by atoms with van der Waals surface area (Å²) in [6.07, 6.45) is 0. The lowest BCUT2D eigenvalue weighted by molar-refractivity contribution is -0.129. The maximum atomic E-state index is 12.9. The van der Waals surface area contributed by atoms with Crippen molar-refractivity contribution in [1.82, 2.24) is 24.6 Å². The fourth-order valence-corrected chi connectivity index (χ4v) is 4.09. The predicted molar refractivity (Wildman–Crippen MR) is 125 cm³/mol. The minimum Gasteiger partial charge on any atom is -0.341 e. The molecule has 0 unspecified atom stereocenters. The van der Waals surface area contributed by atoms with E-state index in [1.54, 1.807) is 0 Å². The largest absolute Gasteiger partial charge is 0.341 e. The van der Waals surface area contributed by atoms with Crippen LogP contribution in [0, 0.1) is 11.8 Å². The van der Waals surface area contributed by atoms with Crippen molar-refractivity contribution >= 4 is 17.7 Å². The number of hydrogen-bond acceptors (Lipinski definition) is 5. The second kappa shape index (κ2) is 11.5. The minimum absolute atomic E-state index is 0.129. The molecule has 1 aromatic carbocycles. The molecule has 0 saturated heterocycles. The number of hydrogen-bond donors (Lipinski definition) is 0. The van der Waals surface area contributed by atoms with Crippen molar-refractivity contribution in [2.75, 3.05) is 32.9 Å². The van der Waals surface area contributed by atoms with Gasteiger partial charge in [-0.1, -0.05) is 69.8 Å². The molecule has 0 saturated carbocycles. The Balaban J connectivity index is 2.20. The van der Waals surface area contributed by atoms with Crippen LogP contribution in [0.15, 0.2) is 35.5 Å². The minimum atomic E-state index is 0.129. The van der Waals surface area contributed by atoms with Crippen molar-refractivity contribution in [3.05, 3.63) is 41.7 Å². The number of carbonyl (C=O) groups is 1. The van der Waals surface area contributed by atoms with Crippen molar-refractivity contribution in [2.24, 2.45) is 11.8 Å². The summed E-state index contributed by atoms with van der Waals surface area (Å²) < 4.78 is 2.15. The van der Waals surface area contributed by atoms with Gasteiger partial charge in [0.1, 0.15) is 0 Å². The first-order valence-corrected chi connectivity index (χ1v) is 11.7. The molecular formula is C23H37N5OS. The van der Waals surface area contributed by atoms with E-state index in [2.05, 4.69) is 66.4 Å². The maximum absolute atomic E-state index is 12.9. The number of rotatable bonds is 11. The van der Waals surface area contributed by atoms with Gasteiger partial charge in [-0.05, 0) is 38.4 Å². The Morgan fingerprint density at radius 3 is 2.13 bits per heavy atom. The smallest absolute Gasteiger partial charge is 0.233 e. The molecule has 0 bridgehead atoms. The van der Waals surface area contributed by atoms with E-state index in [1.807, 2.05) is 37.2 Å². The summed E-state index contributed by atoms with van der Waals surface area (Å²) in [6, 6.07) is 10.4. The molecule has 6 nitrogen and oxygen atoms in total. The molecule has 1 heterocycles. The Kier molecular flexibility index (Phi) is 9.37. The highest BCUT2D eigenvalue weighted by Crippen LogP contribution is 2.24. The highest BCUT2D eigenvalue weighted by molar-refractivity contribution is 7.99. The summed E-state index contributed by atoms with van der Waals surface area (Å²) in [6.45, 7) is 13.0. The van der Waals surface area contributed by atoms with Crippen LogP contribution in [-0.4, -0.2) is 63.4 Å². The third-order valence-corrected chi connectivity index (χ3v) is 5.88. The normalized spacial score (nSPS) is 12.7. The topological polar surface area (TPSA) is 54.3 Å². The zero-order valence-corrected chi connectivity index (χ0v) is 20.3. The van der Waals surface area contributed by atoms with Crippen LogP contribution in [0.1, 0.15) is 52.0 Å². The van der Waals surface area contributed by atoms with Crippen molar-refractivity contribution in [3.8, 4) is 0 Å². The van der Waals surface area contributed by atoms with Gasteiger partial charge in [0.15, 0.2) is 11.0 Å². The molecule has 0 aliphatic rings. The molecular weight excluding hydrogens is 394 g/mol. The average molecular weight is 432 g/mol. The summed E-state index contributed by atoms with van der Waals surface area (Å²) in [5.41, 5.74) is 1.19. The van der Waals surface area contributed by atoms with Crippen molar-refractivity contribution in [2.45, 2.75) is 52.4 Å². The monoisotopic (exact) mass is 431 g/mol. The van der Waals surface area contributed by atoms with E-state index in [0.29, 0.717) is 24.1 Å². The van der Waals surface area contributed by atoms with E-state index in [4.69, 9.17) is 0 Å². The van der Waals surface area contributed by atoms with Gasteiger partial charge >= 0.3 is 0 Å². The highest BCUT2D eigenvalue weighted by Gasteiger charge is 2.22. The zero-order chi connectivity index (χ0) is 22.3. The summed E-state index contributed by atoms with van der Waals surface area (Å²) in [5, 5.41) is 9.72. The third kappa shape index (κ3) is 7.13. The van der Waals surface area contributed by atoms with Gasteiger partial charge < -0.3 is 9.47 Å². The molecule has 2 aromatic rings. The molecule has 0 spiro atoms. The molecule has 0 aliphatic heterocycles. The Morgan fingerprint density at radius 2 is 1.60 bits per heavy atom. The van der Waals surface area contributed by atoms with Gasteiger partial charge in [0.2, 0.25) is 5.91 Å². The van der Waals surface area contributed by atoms with Gasteiger partial charge in [0.25, 0.3) is 0 Å². The quantitative estimate of drug-likeness (QED) is 0.500. The number of amides is 1. The number of benzene rings is 1. The van der Waals surface area contributed by atoms with Crippen molar-refractivity contribution in [1.29, 1.82) is 0 Å². The van der Waals surface area contributed by atoms with Gasteiger partial charge in [-0.25, -0.2) is 0 Å². The molecule has 0 aliphatic carbocycles. The first-order chi connectivity index (χ1) is 14.2. The SMILES string of the molecule is CC(C)CN(CC(C)C)C(=O)CSc1nnc([C@H](C)N(C)C)n1Cc1ccccc1. The van der Waals surface area contributed by atoms with Gasteiger partial charge in [-0.2, -0.15) is 0 Å². The molecule has 7 heteroatoms. The van der Waals surface area contributed by atoms with Gasteiger partial charge in [-0.15, -0.1) is 10.2 Å². The van der Waals surface area contributed by atoms with Crippen LogP contribution in [0.2, 0.25) is 0 Å². The fourth-order valence-electron chi connectivity index (χ4n) is 3.24. The van der Waals surface area contributed by atoms with E-state index in [1.165, 1.54) is 17.3 Å². The second-order valence-electron chi connectivity index (χ2n) is 8.93. The van der Waals surface area contributed by atoms with Crippen molar-refractivity contribution in [3.63, 3.8) is 0 Å². The second-order valence-corrected chi connectivity index (χ2v) is 9.87. The van der Waals surface area contributed by atoms with Crippen LogP contribution < -0.4 is 0 Å². The van der Waals surface area contributed by atoms with E-state index in [0.717, 1.165) is 24.1 Å². The lowest BCUT2D eigenvalue weighted by Crippen LogP contribution is -2.38. The van der Waals surface area contributed by atoms with Gasteiger partial charge in [0, 0.05) is 13.1 Å². The van der Waals surface area contributed by atoms with E-state index >= 15 is 0 Å².